The Kier molecular flexibility index (Phi) is 7.62. The summed E-state index contributed by atoms with van der Waals surface area (Å²) in [4.78, 5) is 2.62. The Bertz CT molecular complexity index is 954. The Morgan fingerprint density at radius 1 is 0.710 bits per heavy atom. The number of anilines is 1. The number of unbranched alkanes of at least 4 members (excludes halogenated alkanes) is 2. The standard InChI is InChI=1S/C29H43N2/c1-9-11-13-28-29(14-12-10-2)31(27-18-16-21(4)23(6)25(27)8)19-30(28)26-17-15-20(3)22(5)24(26)7/h15-19,28-29H,9-14H2,1-8H3/q+1. The van der Waals surface area contributed by atoms with E-state index < -0.39 is 0 Å². The molecule has 2 atom stereocenters. The Hall–Kier alpha value is -2.09. The average Bonchev–Trinajstić information content (AvgIpc) is 3.10. The van der Waals surface area contributed by atoms with E-state index in [-0.39, 0.29) is 0 Å². The van der Waals surface area contributed by atoms with E-state index in [1.807, 2.05) is 0 Å². The van der Waals surface area contributed by atoms with Crippen LogP contribution in [0.2, 0.25) is 0 Å². The highest BCUT2D eigenvalue weighted by molar-refractivity contribution is 5.82. The maximum atomic E-state index is 2.62. The molecule has 0 spiro atoms. The van der Waals surface area contributed by atoms with Gasteiger partial charge in [-0.05, 0) is 113 Å². The number of aryl methyl sites for hydroxylation is 2. The molecule has 0 aliphatic carbocycles. The topological polar surface area (TPSA) is 6.25 Å². The molecule has 0 fully saturated rings. The lowest BCUT2D eigenvalue weighted by atomic mass is 9.94. The number of nitrogens with zero attached hydrogens (tertiary/aromatic N) is 2. The van der Waals surface area contributed by atoms with E-state index in [0.29, 0.717) is 12.1 Å². The quantitative estimate of drug-likeness (QED) is 0.395. The molecule has 0 aromatic heterocycles. The van der Waals surface area contributed by atoms with Crippen LogP contribution < -0.4 is 4.90 Å². The summed E-state index contributed by atoms with van der Waals surface area (Å²) < 4.78 is 2.62. The molecule has 0 saturated heterocycles. The van der Waals surface area contributed by atoms with Crippen molar-refractivity contribution in [3.63, 3.8) is 0 Å². The first kappa shape index (κ1) is 23.6. The van der Waals surface area contributed by atoms with Crippen molar-refractivity contribution >= 4 is 17.7 Å². The maximum Gasteiger partial charge on any atom is 0.245 e. The van der Waals surface area contributed by atoms with Crippen LogP contribution in [0.1, 0.15) is 85.8 Å². The van der Waals surface area contributed by atoms with Gasteiger partial charge in [-0.3, -0.25) is 0 Å². The Morgan fingerprint density at radius 2 is 1.29 bits per heavy atom. The zero-order valence-electron chi connectivity index (χ0n) is 21.2. The second-order valence-corrected chi connectivity index (χ2v) is 9.65. The third-order valence-electron chi connectivity index (χ3n) is 7.73. The van der Waals surface area contributed by atoms with E-state index in [1.54, 1.807) is 0 Å². The van der Waals surface area contributed by atoms with Gasteiger partial charge in [-0.2, -0.15) is 0 Å². The third kappa shape index (κ3) is 4.59. The SMILES string of the molecule is CCCCC1C(CCCC)[N+](c2ccc(C)c(C)c2C)=CN1c1ccc(C)c(C)c1C. The first-order valence-corrected chi connectivity index (χ1v) is 12.4. The van der Waals surface area contributed by atoms with Gasteiger partial charge in [0, 0.05) is 0 Å². The fourth-order valence-corrected chi connectivity index (χ4v) is 5.09. The van der Waals surface area contributed by atoms with Crippen LogP contribution in [0.5, 0.6) is 0 Å². The van der Waals surface area contributed by atoms with Crippen molar-refractivity contribution in [1.82, 2.24) is 0 Å². The molecule has 2 aromatic carbocycles. The van der Waals surface area contributed by atoms with E-state index >= 15 is 0 Å². The van der Waals surface area contributed by atoms with E-state index in [9.17, 15) is 0 Å². The largest absolute Gasteiger partial charge is 0.245 e. The number of hydrogen-bond acceptors (Lipinski definition) is 1. The molecule has 0 N–H and O–H groups in total. The minimum Gasteiger partial charge on any atom is -0.226 e. The zero-order valence-corrected chi connectivity index (χ0v) is 21.2. The molecule has 2 aromatic rings. The molecule has 168 valence electrons. The van der Waals surface area contributed by atoms with Gasteiger partial charge < -0.3 is 0 Å². The number of rotatable bonds is 8. The van der Waals surface area contributed by atoms with Crippen molar-refractivity contribution in [1.29, 1.82) is 0 Å². The van der Waals surface area contributed by atoms with Crippen LogP contribution in [0.4, 0.5) is 11.4 Å². The normalized spacial score (nSPS) is 18.6. The molecular formula is C29H43N2+. The highest BCUT2D eigenvalue weighted by atomic mass is 15.3. The van der Waals surface area contributed by atoms with Gasteiger partial charge in [-0.25, -0.2) is 9.48 Å². The molecule has 2 heteroatoms. The maximum absolute atomic E-state index is 2.62. The highest BCUT2D eigenvalue weighted by Gasteiger charge is 2.43. The summed E-state index contributed by atoms with van der Waals surface area (Å²) in [5.41, 5.74) is 11.2. The predicted molar refractivity (Wildman–Crippen MR) is 136 cm³/mol. The minimum atomic E-state index is 0.522. The van der Waals surface area contributed by atoms with Gasteiger partial charge >= 0.3 is 0 Å². The third-order valence-corrected chi connectivity index (χ3v) is 7.73. The summed E-state index contributed by atoms with van der Waals surface area (Å²) in [6.45, 7) is 18.2. The fraction of sp³-hybridized carbons (Fsp3) is 0.552. The minimum absolute atomic E-state index is 0.522. The molecule has 3 rings (SSSR count). The second kappa shape index (κ2) is 10.0. The second-order valence-electron chi connectivity index (χ2n) is 9.65. The van der Waals surface area contributed by atoms with Crippen LogP contribution in [-0.2, 0) is 0 Å². The van der Waals surface area contributed by atoms with E-state index in [1.165, 1.54) is 83.3 Å². The van der Waals surface area contributed by atoms with Gasteiger partial charge in [0.2, 0.25) is 6.34 Å². The van der Waals surface area contributed by atoms with Crippen molar-refractivity contribution in [3.8, 4) is 0 Å². The molecule has 0 bridgehead atoms. The lowest BCUT2D eigenvalue weighted by Gasteiger charge is -2.25. The van der Waals surface area contributed by atoms with Gasteiger partial charge in [0.15, 0.2) is 0 Å². The van der Waals surface area contributed by atoms with Gasteiger partial charge in [0.1, 0.15) is 23.5 Å². The Labute approximate surface area is 191 Å². The summed E-state index contributed by atoms with van der Waals surface area (Å²) in [6, 6.07) is 10.3. The molecule has 1 aliphatic rings. The summed E-state index contributed by atoms with van der Waals surface area (Å²) >= 11 is 0. The molecule has 0 saturated carbocycles. The lowest BCUT2D eigenvalue weighted by Crippen LogP contribution is -2.39. The van der Waals surface area contributed by atoms with Crippen LogP contribution in [0.3, 0.4) is 0 Å². The predicted octanol–water partition coefficient (Wildman–Crippen LogP) is 7.85. The molecule has 2 unspecified atom stereocenters. The first-order valence-electron chi connectivity index (χ1n) is 12.4. The fourth-order valence-electron chi connectivity index (χ4n) is 5.09. The highest BCUT2D eigenvalue weighted by Crippen LogP contribution is 2.36. The summed E-state index contributed by atoms with van der Waals surface area (Å²) in [6.07, 6.45) is 9.98. The Balaban J connectivity index is 2.16. The van der Waals surface area contributed by atoms with Crippen molar-refractivity contribution in [2.24, 2.45) is 0 Å². The first-order chi connectivity index (χ1) is 14.8. The van der Waals surface area contributed by atoms with Crippen LogP contribution in [0.15, 0.2) is 24.3 Å². The van der Waals surface area contributed by atoms with Crippen molar-refractivity contribution in [2.75, 3.05) is 4.90 Å². The molecule has 1 aliphatic heterocycles. The van der Waals surface area contributed by atoms with Crippen molar-refractivity contribution in [3.05, 3.63) is 57.6 Å². The van der Waals surface area contributed by atoms with Gasteiger partial charge in [-0.15, -0.1) is 0 Å². The van der Waals surface area contributed by atoms with Gasteiger partial charge in [0.25, 0.3) is 0 Å². The summed E-state index contributed by atoms with van der Waals surface area (Å²) in [5, 5.41) is 0. The smallest absolute Gasteiger partial charge is 0.226 e. The average molecular weight is 420 g/mol. The van der Waals surface area contributed by atoms with Gasteiger partial charge in [0.05, 0.1) is 0 Å². The van der Waals surface area contributed by atoms with Crippen LogP contribution in [-0.4, -0.2) is 23.0 Å². The molecule has 0 amide bonds. The summed E-state index contributed by atoms with van der Waals surface area (Å²) in [5.74, 6) is 0. The van der Waals surface area contributed by atoms with E-state index in [2.05, 4.69) is 95.5 Å². The molecule has 2 nitrogen and oxygen atoms in total. The van der Waals surface area contributed by atoms with Gasteiger partial charge in [-0.1, -0.05) is 38.8 Å². The number of hydrogen-bond donors (Lipinski definition) is 0. The molecule has 1 heterocycles. The summed E-state index contributed by atoms with van der Waals surface area (Å²) in [7, 11) is 0. The van der Waals surface area contributed by atoms with Crippen LogP contribution in [0, 0.1) is 41.5 Å². The van der Waals surface area contributed by atoms with Crippen LogP contribution >= 0.6 is 0 Å². The monoisotopic (exact) mass is 419 g/mol. The van der Waals surface area contributed by atoms with Crippen molar-refractivity contribution < 1.29 is 4.58 Å². The number of benzene rings is 2. The van der Waals surface area contributed by atoms with E-state index in [0.717, 1.165) is 0 Å². The zero-order chi connectivity index (χ0) is 22.7. The Morgan fingerprint density at radius 3 is 1.94 bits per heavy atom. The lowest BCUT2D eigenvalue weighted by molar-refractivity contribution is -0.476. The van der Waals surface area contributed by atoms with Crippen molar-refractivity contribution in [2.45, 2.75) is 106 Å². The molecule has 0 radical (unpaired) electrons. The van der Waals surface area contributed by atoms with Crippen LogP contribution in [0.25, 0.3) is 0 Å². The van der Waals surface area contributed by atoms with E-state index in [4.69, 9.17) is 0 Å². The molecule has 31 heavy (non-hydrogen) atoms. The molecular weight excluding hydrogens is 376 g/mol.